The van der Waals surface area contributed by atoms with E-state index in [-0.39, 0.29) is 5.82 Å². The fourth-order valence-corrected chi connectivity index (χ4v) is 3.40. The highest BCUT2D eigenvalue weighted by Gasteiger charge is 2.36. The van der Waals surface area contributed by atoms with Crippen molar-refractivity contribution < 1.29 is 27.8 Å². The van der Waals surface area contributed by atoms with Gasteiger partial charge in [-0.3, -0.25) is 0 Å². The molecule has 1 heterocycles. The number of likely N-dealkylation sites (tertiary alicyclic amines) is 1. The summed E-state index contributed by atoms with van der Waals surface area (Å²) >= 11 is 0. The summed E-state index contributed by atoms with van der Waals surface area (Å²) in [5, 5.41) is 21.1. The number of halogens is 4. The van der Waals surface area contributed by atoms with Gasteiger partial charge in [0.2, 0.25) is 0 Å². The van der Waals surface area contributed by atoms with Crippen LogP contribution in [-0.2, 0) is 11.8 Å². The fourth-order valence-electron chi connectivity index (χ4n) is 3.40. The number of hydrogen-bond acceptors (Lipinski definition) is 3. The Balaban J connectivity index is 1.59. The number of aliphatic hydroxyl groups is 2. The average Bonchev–Trinajstić information content (AvgIpc) is 2.64. The second-order valence-electron chi connectivity index (χ2n) is 6.97. The summed E-state index contributed by atoms with van der Waals surface area (Å²) in [5.41, 5.74) is -0.842. The third-order valence-electron chi connectivity index (χ3n) is 5.12. The number of piperidine rings is 1. The van der Waals surface area contributed by atoms with Crippen molar-refractivity contribution in [3.8, 4) is 0 Å². The normalized spacial score (nSPS) is 19.0. The van der Waals surface area contributed by atoms with E-state index in [0.29, 0.717) is 43.6 Å². The molecule has 0 unspecified atom stereocenters. The Morgan fingerprint density at radius 3 is 2.04 bits per heavy atom. The van der Waals surface area contributed by atoms with Crippen LogP contribution in [-0.4, -0.2) is 34.7 Å². The predicted octanol–water partition coefficient (Wildman–Crippen LogP) is 3.86. The lowest BCUT2D eigenvalue weighted by molar-refractivity contribution is -0.137. The van der Waals surface area contributed by atoms with E-state index in [9.17, 15) is 27.8 Å². The fraction of sp³-hybridized carbons (Fsp3) is 0.400. The van der Waals surface area contributed by atoms with Gasteiger partial charge in [-0.2, -0.15) is 13.2 Å². The van der Waals surface area contributed by atoms with Gasteiger partial charge in [0.05, 0.1) is 17.3 Å². The molecule has 0 aromatic heterocycles. The lowest BCUT2D eigenvalue weighted by atomic mass is 9.84. The number of alkyl halides is 3. The molecule has 0 saturated carbocycles. The van der Waals surface area contributed by atoms with Gasteiger partial charge in [-0.1, -0.05) is 24.3 Å². The number of hydrogen-bond donors (Lipinski definition) is 2. The molecule has 1 saturated heterocycles. The van der Waals surface area contributed by atoms with Crippen LogP contribution in [0.15, 0.2) is 48.5 Å². The van der Waals surface area contributed by atoms with Crippen LogP contribution in [0, 0.1) is 5.82 Å². The molecule has 1 aliphatic rings. The molecule has 3 rings (SSSR count). The van der Waals surface area contributed by atoms with Gasteiger partial charge in [0, 0.05) is 19.6 Å². The molecule has 0 amide bonds. The van der Waals surface area contributed by atoms with Crippen molar-refractivity contribution in [2.75, 3.05) is 19.6 Å². The van der Waals surface area contributed by atoms with E-state index >= 15 is 0 Å². The van der Waals surface area contributed by atoms with Crippen molar-refractivity contribution in [3.05, 3.63) is 71.0 Å². The zero-order valence-electron chi connectivity index (χ0n) is 14.6. The van der Waals surface area contributed by atoms with Crippen molar-refractivity contribution in [1.82, 2.24) is 4.90 Å². The lowest BCUT2D eigenvalue weighted by Gasteiger charge is -2.39. The van der Waals surface area contributed by atoms with Gasteiger partial charge in [0.25, 0.3) is 0 Å². The van der Waals surface area contributed by atoms with Gasteiger partial charge < -0.3 is 15.1 Å². The van der Waals surface area contributed by atoms with E-state index in [2.05, 4.69) is 0 Å². The van der Waals surface area contributed by atoms with Crippen molar-refractivity contribution in [1.29, 1.82) is 0 Å². The Morgan fingerprint density at radius 2 is 1.52 bits per heavy atom. The van der Waals surface area contributed by atoms with E-state index in [0.717, 1.165) is 12.1 Å². The first kappa shape index (κ1) is 19.8. The first-order chi connectivity index (χ1) is 12.7. The topological polar surface area (TPSA) is 43.7 Å². The Labute approximate surface area is 154 Å². The van der Waals surface area contributed by atoms with Gasteiger partial charge in [-0.05, 0) is 48.2 Å². The van der Waals surface area contributed by atoms with E-state index in [1.807, 2.05) is 4.90 Å². The van der Waals surface area contributed by atoms with Gasteiger partial charge >= 0.3 is 6.18 Å². The van der Waals surface area contributed by atoms with E-state index < -0.39 is 23.4 Å². The van der Waals surface area contributed by atoms with Crippen LogP contribution in [0.4, 0.5) is 17.6 Å². The summed E-state index contributed by atoms with van der Waals surface area (Å²) in [4.78, 5) is 1.98. The SMILES string of the molecule is O[C@@H](CN1CCC(O)(c2ccc(C(F)(F)F)cc2)CC1)c1ccc(F)cc1. The van der Waals surface area contributed by atoms with E-state index in [4.69, 9.17) is 0 Å². The van der Waals surface area contributed by atoms with Crippen LogP contribution in [0.25, 0.3) is 0 Å². The summed E-state index contributed by atoms with van der Waals surface area (Å²) < 4.78 is 51.0. The number of aliphatic hydroxyl groups excluding tert-OH is 1. The van der Waals surface area contributed by atoms with E-state index in [1.165, 1.54) is 36.4 Å². The Morgan fingerprint density at radius 1 is 0.963 bits per heavy atom. The van der Waals surface area contributed by atoms with Crippen molar-refractivity contribution in [2.24, 2.45) is 0 Å². The molecule has 1 atom stereocenters. The second-order valence-corrected chi connectivity index (χ2v) is 6.97. The molecule has 0 aliphatic carbocycles. The quantitative estimate of drug-likeness (QED) is 0.788. The van der Waals surface area contributed by atoms with Crippen molar-refractivity contribution in [3.63, 3.8) is 0 Å². The summed E-state index contributed by atoms with van der Waals surface area (Å²) in [7, 11) is 0. The smallest absolute Gasteiger partial charge is 0.387 e. The van der Waals surface area contributed by atoms with E-state index in [1.54, 1.807) is 0 Å². The summed E-state index contributed by atoms with van der Waals surface area (Å²) in [6, 6.07) is 10.3. The molecule has 0 spiro atoms. The second kappa shape index (κ2) is 7.58. The number of nitrogens with zero attached hydrogens (tertiary/aromatic N) is 1. The maximum absolute atomic E-state index is 13.0. The zero-order valence-corrected chi connectivity index (χ0v) is 14.6. The van der Waals surface area contributed by atoms with Gasteiger partial charge in [0.15, 0.2) is 0 Å². The minimum absolute atomic E-state index is 0.342. The molecule has 3 nitrogen and oxygen atoms in total. The molecule has 1 fully saturated rings. The Kier molecular flexibility index (Phi) is 5.55. The number of β-amino-alcohol motifs (C(OH)–C–C–N with tert-alkyl or cyclic N) is 1. The number of rotatable bonds is 4. The Bertz CT molecular complexity index is 751. The largest absolute Gasteiger partial charge is 0.416 e. The first-order valence-corrected chi connectivity index (χ1v) is 8.73. The van der Waals surface area contributed by atoms with Crippen LogP contribution in [0.2, 0.25) is 0 Å². The Hall–Kier alpha value is -1.96. The minimum Gasteiger partial charge on any atom is -0.387 e. The summed E-state index contributed by atoms with van der Waals surface area (Å²) in [6.45, 7) is 1.33. The molecule has 27 heavy (non-hydrogen) atoms. The monoisotopic (exact) mass is 383 g/mol. The lowest BCUT2D eigenvalue weighted by Crippen LogP contribution is -2.44. The van der Waals surface area contributed by atoms with Crippen LogP contribution in [0.1, 0.15) is 35.6 Å². The van der Waals surface area contributed by atoms with Gasteiger partial charge in [-0.15, -0.1) is 0 Å². The first-order valence-electron chi connectivity index (χ1n) is 8.73. The molecule has 146 valence electrons. The van der Waals surface area contributed by atoms with Crippen molar-refractivity contribution in [2.45, 2.75) is 30.7 Å². The predicted molar refractivity (Wildman–Crippen MR) is 92.4 cm³/mol. The molecule has 0 radical (unpaired) electrons. The average molecular weight is 383 g/mol. The van der Waals surface area contributed by atoms with Crippen LogP contribution < -0.4 is 0 Å². The van der Waals surface area contributed by atoms with Crippen LogP contribution >= 0.6 is 0 Å². The summed E-state index contributed by atoms with van der Waals surface area (Å²) in [6.07, 6.45) is -4.47. The highest BCUT2D eigenvalue weighted by molar-refractivity contribution is 5.29. The van der Waals surface area contributed by atoms with Crippen LogP contribution in [0.3, 0.4) is 0 Å². The van der Waals surface area contributed by atoms with Gasteiger partial charge in [0.1, 0.15) is 5.82 Å². The van der Waals surface area contributed by atoms with Crippen LogP contribution in [0.5, 0.6) is 0 Å². The molecule has 2 aromatic carbocycles. The minimum atomic E-state index is -4.40. The molecular weight excluding hydrogens is 362 g/mol. The molecule has 2 aromatic rings. The molecule has 7 heteroatoms. The molecule has 2 N–H and O–H groups in total. The van der Waals surface area contributed by atoms with Crippen molar-refractivity contribution >= 4 is 0 Å². The third kappa shape index (κ3) is 4.66. The summed E-state index contributed by atoms with van der Waals surface area (Å²) in [5.74, 6) is -0.370. The van der Waals surface area contributed by atoms with Gasteiger partial charge in [-0.25, -0.2) is 4.39 Å². The highest BCUT2D eigenvalue weighted by Crippen LogP contribution is 2.36. The molecule has 0 bridgehead atoms. The zero-order chi connectivity index (χ0) is 19.7. The molecule has 1 aliphatic heterocycles. The third-order valence-corrected chi connectivity index (χ3v) is 5.12. The number of benzene rings is 2. The maximum atomic E-state index is 13.0. The maximum Gasteiger partial charge on any atom is 0.416 e. The standard InChI is InChI=1S/C20H21F4NO2/c21-17-7-1-14(2-8-17)18(26)13-25-11-9-19(27,10-12-25)15-3-5-16(6-4-15)20(22,23)24/h1-8,18,26-27H,9-13H2/t18-/m0/s1. The highest BCUT2D eigenvalue weighted by atomic mass is 19.4. The molecular formula is C20H21F4NO2.